The van der Waals surface area contributed by atoms with Crippen molar-refractivity contribution in [2.45, 2.75) is 0 Å². The second-order valence-electron chi connectivity index (χ2n) is 1.75. The van der Waals surface area contributed by atoms with Gasteiger partial charge in [-0.15, -0.1) is 0 Å². The van der Waals surface area contributed by atoms with Crippen molar-refractivity contribution in [3.63, 3.8) is 0 Å². The summed E-state index contributed by atoms with van der Waals surface area (Å²) < 4.78 is 0. The zero-order valence-electron chi connectivity index (χ0n) is 9.84. The van der Waals surface area contributed by atoms with Gasteiger partial charge in [-0.1, -0.05) is 0 Å². The van der Waals surface area contributed by atoms with Gasteiger partial charge in [0.2, 0.25) is 0 Å². The summed E-state index contributed by atoms with van der Waals surface area (Å²) in [7, 11) is 0. The summed E-state index contributed by atoms with van der Waals surface area (Å²) >= 11 is 0. The third-order valence-corrected chi connectivity index (χ3v) is 0.508. The molecule has 90 valence electrons. The van der Waals surface area contributed by atoms with Crippen LogP contribution in [0, 0.1) is 0 Å². The fourth-order valence-electron chi connectivity index (χ4n) is 0. The first kappa shape index (κ1) is 30.4. The number of carbonyl (C=O) groups excluding carboxylic acids is 2. The van der Waals surface area contributed by atoms with E-state index in [1.54, 1.807) is 0 Å². The average Bonchev–Trinajstić information content (AvgIpc) is 2.19. The maximum absolute atomic E-state index is 9.24. The molecule has 0 amide bonds. The zero-order chi connectivity index (χ0) is 12.9. The largest absolute Gasteiger partial charge is 1.00 e. The van der Waals surface area contributed by atoms with Gasteiger partial charge in [0.15, 0.2) is 0 Å². The maximum atomic E-state index is 9.24. The molecule has 11 heteroatoms. The van der Waals surface area contributed by atoms with Crippen LogP contribution in [0.3, 0.4) is 0 Å². The van der Waals surface area contributed by atoms with Gasteiger partial charge in [-0.25, -0.2) is 0 Å². The molecule has 9 nitrogen and oxygen atoms in total. The smallest absolute Gasteiger partial charge is 0.549 e. The van der Waals surface area contributed by atoms with Crippen LogP contribution in [0.4, 0.5) is 0 Å². The SMILES string of the molecule is NCC(=O)O.NCC(=O)[O-].NCC(=O)[O-].[Na+].[Na+]. The van der Waals surface area contributed by atoms with Gasteiger partial charge < -0.3 is 42.1 Å². The number of carboxylic acid groups (broad SMARTS) is 3. The van der Waals surface area contributed by atoms with Crippen LogP contribution in [0.15, 0.2) is 0 Å². The van der Waals surface area contributed by atoms with E-state index in [1.807, 2.05) is 0 Å². The number of carbonyl (C=O) groups is 3. The third kappa shape index (κ3) is 84.1. The molecule has 0 aromatic heterocycles. The van der Waals surface area contributed by atoms with Gasteiger partial charge in [-0.3, -0.25) is 4.79 Å². The minimum absolute atomic E-state index is 0. The van der Waals surface area contributed by atoms with Gasteiger partial charge in [-0.2, -0.15) is 0 Å². The zero-order valence-corrected chi connectivity index (χ0v) is 13.8. The van der Waals surface area contributed by atoms with Crippen LogP contribution in [0.2, 0.25) is 0 Å². The van der Waals surface area contributed by atoms with Crippen LogP contribution in [0.5, 0.6) is 0 Å². The third-order valence-electron chi connectivity index (χ3n) is 0.508. The van der Waals surface area contributed by atoms with Gasteiger partial charge >= 0.3 is 65.1 Å². The Kier molecular flexibility index (Phi) is 45.1. The summed E-state index contributed by atoms with van der Waals surface area (Å²) in [5.41, 5.74) is 13.6. The predicted octanol–water partition coefficient (Wildman–Crippen LogP) is -11.6. The van der Waals surface area contributed by atoms with Crippen molar-refractivity contribution in [1.29, 1.82) is 0 Å². The van der Waals surface area contributed by atoms with Crippen LogP contribution in [-0.2, 0) is 14.4 Å². The molecule has 0 fully saturated rings. The molecular weight excluding hydrogens is 256 g/mol. The van der Waals surface area contributed by atoms with Crippen molar-refractivity contribution in [1.82, 2.24) is 0 Å². The van der Waals surface area contributed by atoms with Gasteiger partial charge in [0, 0.05) is 13.1 Å². The standard InChI is InChI=1S/3C2H5NO2.2Na/c3*3-1-2(4)5;;/h3*1,3H2,(H,4,5);;/q;;;2*+1/p-2. The van der Waals surface area contributed by atoms with Crippen LogP contribution in [0.25, 0.3) is 0 Å². The number of aliphatic carboxylic acids is 3. The fourth-order valence-corrected chi connectivity index (χ4v) is 0. The molecule has 0 aromatic carbocycles. The second kappa shape index (κ2) is 25.2. The molecular formula is C6H13N3Na2O6. The topological polar surface area (TPSA) is 196 Å². The van der Waals surface area contributed by atoms with E-state index >= 15 is 0 Å². The fraction of sp³-hybridized carbons (Fsp3) is 0.500. The Balaban J connectivity index is -0.0000000400. The molecule has 0 aliphatic heterocycles. The van der Waals surface area contributed by atoms with Crippen LogP contribution in [-0.4, -0.2) is 42.6 Å². The molecule has 0 spiro atoms. The maximum Gasteiger partial charge on any atom is 1.00 e. The molecule has 0 atom stereocenters. The van der Waals surface area contributed by atoms with Gasteiger partial charge in [0.1, 0.15) is 0 Å². The Morgan fingerprint density at radius 1 is 0.824 bits per heavy atom. The van der Waals surface area contributed by atoms with E-state index < -0.39 is 17.9 Å². The van der Waals surface area contributed by atoms with Gasteiger partial charge in [0.25, 0.3) is 0 Å². The minimum atomic E-state index is -1.22. The van der Waals surface area contributed by atoms with E-state index in [4.69, 9.17) is 24.9 Å². The molecule has 0 radical (unpaired) electrons. The van der Waals surface area contributed by atoms with Gasteiger partial charge in [-0.05, 0) is 0 Å². The van der Waals surface area contributed by atoms with Crippen molar-refractivity contribution in [3.8, 4) is 0 Å². The van der Waals surface area contributed by atoms with Crippen molar-refractivity contribution < 1.29 is 88.8 Å². The van der Waals surface area contributed by atoms with Gasteiger partial charge in [0.05, 0.1) is 18.5 Å². The van der Waals surface area contributed by atoms with Crippen molar-refractivity contribution in [2.24, 2.45) is 17.2 Å². The molecule has 0 bridgehead atoms. The summed E-state index contributed by atoms with van der Waals surface area (Å²) in [6.07, 6.45) is 0. The quantitative estimate of drug-likeness (QED) is 0.359. The normalized spacial score (nSPS) is 6.53. The Bertz CT molecular complexity index is 171. The van der Waals surface area contributed by atoms with E-state index in [2.05, 4.69) is 17.2 Å². The van der Waals surface area contributed by atoms with Crippen LogP contribution < -0.4 is 86.5 Å². The predicted molar refractivity (Wildman–Crippen MR) is 44.8 cm³/mol. The molecule has 0 saturated heterocycles. The summed E-state index contributed by atoms with van der Waals surface area (Å²) in [5.74, 6) is -3.40. The van der Waals surface area contributed by atoms with Crippen molar-refractivity contribution in [2.75, 3.05) is 19.6 Å². The van der Waals surface area contributed by atoms with Crippen LogP contribution >= 0.6 is 0 Å². The molecule has 7 N–H and O–H groups in total. The van der Waals surface area contributed by atoms with E-state index in [0.717, 1.165) is 0 Å². The van der Waals surface area contributed by atoms with E-state index in [9.17, 15) is 4.79 Å². The summed E-state index contributed by atoms with van der Waals surface area (Å²) in [6.45, 7) is -1.06. The first-order chi connectivity index (χ1) is 6.81. The number of hydrogen-bond donors (Lipinski definition) is 4. The Morgan fingerprint density at radius 2 is 0.941 bits per heavy atom. The Morgan fingerprint density at radius 3 is 0.941 bits per heavy atom. The number of carboxylic acids is 3. The first-order valence-electron chi connectivity index (χ1n) is 3.53. The summed E-state index contributed by atoms with van der Waals surface area (Å²) in [5, 5.41) is 25.9. The molecule has 0 unspecified atom stereocenters. The molecule has 0 aliphatic rings. The number of rotatable bonds is 3. The Hall–Kier alpha value is 0.290. The molecule has 0 rings (SSSR count). The number of nitrogens with two attached hydrogens (primary N) is 3. The molecule has 0 heterocycles. The minimum Gasteiger partial charge on any atom is -0.549 e. The number of hydrogen-bond acceptors (Lipinski definition) is 8. The molecule has 17 heavy (non-hydrogen) atoms. The molecule has 0 aliphatic carbocycles. The monoisotopic (exact) mass is 269 g/mol. The Labute approximate surface area is 142 Å². The van der Waals surface area contributed by atoms with Crippen molar-refractivity contribution in [3.05, 3.63) is 0 Å². The van der Waals surface area contributed by atoms with Crippen molar-refractivity contribution >= 4 is 17.9 Å². The summed E-state index contributed by atoms with van der Waals surface area (Å²) in [4.78, 5) is 27.5. The molecule has 0 saturated carbocycles. The first-order valence-corrected chi connectivity index (χ1v) is 3.53. The van der Waals surface area contributed by atoms with E-state index in [-0.39, 0.29) is 78.7 Å². The van der Waals surface area contributed by atoms with Crippen LogP contribution in [0.1, 0.15) is 0 Å². The summed E-state index contributed by atoms with van der Waals surface area (Å²) in [6, 6.07) is 0. The average molecular weight is 269 g/mol. The molecule has 0 aromatic rings. The van der Waals surface area contributed by atoms with E-state index in [1.165, 1.54) is 0 Å². The van der Waals surface area contributed by atoms with E-state index in [0.29, 0.717) is 0 Å². The second-order valence-corrected chi connectivity index (χ2v) is 1.75.